The Labute approximate surface area is 49.2 Å². The Balaban J connectivity index is 2.20. The maximum Gasteiger partial charge on any atom is 0.166 e. The first kappa shape index (κ1) is 3.67. The molecule has 0 aliphatic carbocycles. The third kappa shape index (κ3) is 0.164. The maximum absolute atomic E-state index is 2.44. The first-order valence-corrected chi connectivity index (χ1v) is 3.44. The molecule has 0 aromatic heterocycles. The molecule has 3 rings (SSSR count). The quantitative estimate of drug-likeness (QED) is 0.319. The predicted molar refractivity (Wildman–Crippen MR) is 31.1 cm³/mol. The SMILES string of the molecule is CC1C2=CCC3C[N+]231. The second kappa shape index (κ2) is 0.695. The van der Waals surface area contributed by atoms with Crippen LogP contribution in [0.5, 0.6) is 0 Å². The molecule has 0 saturated carbocycles. The minimum absolute atomic E-state index is 0.939. The van der Waals surface area contributed by atoms with Crippen molar-refractivity contribution in [2.24, 2.45) is 0 Å². The van der Waals surface area contributed by atoms with Crippen molar-refractivity contribution in [3.8, 4) is 0 Å². The highest BCUT2D eigenvalue weighted by atomic mass is 15.7. The standard InChI is InChI=1S/C7H10N/c1-5-7-3-2-6-4-8(5,6)7/h3,5-6H,2,4H2,1H3/q+1. The van der Waals surface area contributed by atoms with E-state index in [2.05, 4.69) is 13.0 Å². The van der Waals surface area contributed by atoms with Gasteiger partial charge in [0.1, 0.15) is 12.6 Å². The van der Waals surface area contributed by atoms with Gasteiger partial charge in [-0.15, -0.1) is 0 Å². The Morgan fingerprint density at radius 3 is 2.88 bits per heavy atom. The van der Waals surface area contributed by atoms with Crippen molar-refractivity contribution in [1.82, 2.24) is 0 Å². The molecule has 1 spiro atoms. The molecule has 1 heteroatoms. The van der Waals surface area contributed by atoms with Crippen LogP contribution in [0.3, 0.4) is 0 Å². The molecule has 0 amide bonds. The van der Waals surface area contributed by atoms with E-state index in [1.807, 2.05) is 0 Å². The molecule has 3 aliphatic heterocycles. The molecule has 0 aromatic rings. The van der Waals surface area contributed by atoms with Gasteiger partial charge in [-0.2, -0.15) is 0 Å². The fourth-order valence-corrected chi connectivity index (χ4v) is 2.47. The highest BCUT2D eigenvalue weighted by molar-refractivity contribution is 5.26. The zero-order valence-electron chi connectivity index (χ0n) is 5.09. The van der Waals surface area contributed by atoms with Crippen LogP contribution < -0.4 is 0 Å². The second-order valence-corrected chi connectivity index (χ2v) is 3.31. The summed E-state index contributed by atoms with van der Waals surface area (Å²) in [5, 5.41) is 0. The fourth-order valence-electron chi connectivity index (χ4n) is 2.47. The first-order valence-electron chi connectivity index (χ1n) is 3.44. The van der Waals surface area contributed by atoms with E-state index in [1.54, 1.807) is 5.70 Å². The molecule has 3 atom stereocenters. The van der Waals surface area contributed by atoms with E-state index in [9.17, 15) is 0 Å². The first-order chi connectivity index (χ1) is 3.86. The molecule has 42 valence electrons. The van der Waals surface area contributed by atoms with E-state index in [4.69, 9.17) is 0 Å². The molecule has 0 N–H and O–H groups in total. The Morgan fingerprint density at radius 2 is 2.62 bits per heavy atom. The van der Waals surface area contributed by atoms with Crippen molar-refractivity contribution < 1.29 is 4.48 Å². The smallest absolute Gasteiger partial charge is 0.166 e. The molecule has 0 aromatic carbocycles. The molecule has 2 saturated heterocycles. The Hall–Kier alpha value is -0.300. The lowest BCUT2D eigenvalue weighted by molar-refractivity contribution is -0.657. The van der Waals surface area contributed by atoms with Gasteiger partial charge in [0.05, 0.1) is 0 Å². The van der Waals surface area contributed by atoms with Crippen molar-refractivity contribution in [1.29, 1.82) is 0 Å². The third-order valence-electron chi connectivity index (χ3n) is 3.16. The summed E-state index contributed by atoms with van der Waals surface area (Å²) in [5.74, 6) is 0. The minimum Gasteiger partial charge on any atom is -0.267 e. The topological polar surface area (TPSA) is 0 Å². The van der Waals surface area contributed by atoms with E-state index in [1.165, 1.54) is 17.4 Å². The number of rotatable bonds is 0. The average Bonchev–Trinajstić information content (AvgIpc) is 2.55. The average molecular weight is 108 g/mol. The van der Waals surface area contributed by atoms with Crippen molar-refractivity contribution in [3.63, 3.8) is 0 Å². The molecule has 2 fully saturated rings. The highest BCUT2D eigenvalue weighted by Crippen LogP contribution is 2.62. The molecule has 3 heterocycles. The normalized spacial score (nSPS) is 63.9. The number of hydrogen-bond acceptors (Lipinski definition) is 0. The molecule has 0 radical (unpaired) electrons. The fraction of sp³-hybridized carbons (Fsp3) is 0.714. The summed E-state index contributed by atoms with van der Waals surface area (Å²) in [6.45, 7) is 3.83. The molecule has 0 bridgehead atoms. The van der Waals surface area contributed by atoms with Gasteiger partial charge < -0.3 is 0 Å². The Kier molecular flexibility index (Phi) is 0.319. The van der Waals surface area contributed by atoms with Crippen LogP contribution in [0.15, 0.2) is 11.8 Å². The summed E-state index contributed by atoms with van der Waals surface area (Å²) in [5.41, 5.74) is 1.75. The summed E-state index contributed by atoms with van der Waals surface area (Å²) in [4.78, 5) is 0. The molecule has 3 unspecified atom stereocenters. The summed E-state index contributed by atoms with van der Waals surface area (Å²) in [7, 11) is 0. The van der Waals surface area contributed by atoms with Gasteiger partial charge in [0.15, 0.2) is 11.7 Å². The van der Waals surface area contributed by atoms with Crippen LogP contribution >= 0.6 is 0 Å². The van der Waals surface area contributed by atoms with Crippen LogP contribution in [-0.2, 0) is 0 Å². The van der Waals surface area contributed by atoms with Gasteiger partial charge in [-0.05, 0) is 13.0 Å². The molecule has 1 nitrogen and oxygen atoms in total. The van der Waals surface area contributed by atoms with Crippen LogP contribution in [0.25, 0.3) is 0 Å². The van der Waals surface area contributed by atoms with Crippen molar-refractivity contribution in [3.05, 3.63) is 11.8 Å². The van der Waals surface area contributed by atoms with Crippen LogP contribution in [0.1, 0.15) is 13.3 Å². The zero-order valence-corrected chi connectivity index (χ0v) is 5.09. The monoisotopic (exact) mass is 108 g/mol. The summed E-state index contributed by atoms with van der Waals surface area (Å²) >= 11 is 0. The summed E-state index contributed by atoms with van der Waals surface area (Å²) in [6, 6.07) is 1.99. The van der Waals surface area contributed by atoms with Crippen LogP contribution in [0, 0.1) is 0 Å². The lowest BCUT2D eigenvalue weighted by Gasteiger charge is -1.83. The van der Waals surface area contributed by atoms with Crippen LogP contribution in [0.4, 0.5) is 0 Å². The highest BCUT2D eigenvalue weighted by Gasteiger charge is 2.78. The largest absolute Gasteiger partial charge is 0.267 e. The molecular formula is C7H10N+. The van der Waals surface area contributed by atoms with Crippen molar-refractivity contribution in [2.75, 3.05) is 6.54 Å². The number of nitrogens with zero attached hydrogens (tertiary/aromatic N) is 1. The Morgan fingerprint density at radius 1 is 1.75 bits per heavy atom. The van der Waals surface area contributed by atoms with E-state index in [0.29, 0.717) is 0 Å². The van der Waals surface area contributed by atoms with E-state index < -0.39 is 0 Å². The second-order valence-electron chi connectivity index (χ2n) is 3.31. The van der Waals surface area contributed by atoms with Crippen molar-refractivity contribution >= 4 is 0 Å². The predicted octanol–water partition coefficient (Wildman–Crippen LogP) is 0.875. The van der Waals surface area contributed by atoms with E-state index in [-0.39, 0.29) is 0 Å². The Bertz CT molecular complexity index is 195. The summed E-state index contributed by atoms with van der Waals surface area (Å²) in [6.07, 6.45) is 3.83. The molecule has 8 heavy (non-hydrogen) atoms. The van der Waals surface area contributed by atoms with Crippen LogP contribution in [-0.4, -0.2) is 23.1 Å². The van der Waals surface area contributed by atoms with Crippen molar-refractivity contribution in [2.45, 2.75) is 25.4 Å². The minimum atomic E-state index is 0.939. The van der Waals surface area contributed by atoms with Gasteiger partial charge >= 0.3 is 0 Å². The van der Waals surface area contributed by atoms with Crippen LogP contribution in [0.2, 0.25) is 0 Å². The summed E-state index contributed by atoms with van der Waals surface area (Å²) < 4.78 is 1.43. The zero-order chi connectivity index (χ0) is 5.35. The maximum atomic E-state index is 2.44. The van der Waals surface area contributed by atoms with Gasteiger partial charge in [0.25, 0.3) is 0 Å². The van der Waals surface area contributed by atoms with E-state index in [0.717, 1.165) is 12.1 Å². The van der Waals surface area contributed by atoms with E-state index >= 15 is 0 Å². The molecule has 3 aliphatic rings. The third-order valence-corrected chi connectivity index (χ3v) is 3.16. The number of quaternary nitrogens is 1. The van der Waals surface area contributed by atoms with Gasteiger partial charge in [-0.3, -0.25) is 4.48 Å². The lowest BCUT2D eigenvalue weighted by atomic mass is 10.3. The van der Waals surface area contributed by atoms with Gasteiger partial charge in [-0.25, -0.2) is 0 Å². The lowest BCUT2D eigenvalue weighted by Crippen LogP contribution is -1.98. The van der Waals surface area contributed by atoms with Gasteiger partial charge in [-0.1, -0.05) is 0 Å². The van der Waals surface area contributed by atoms with Gasteiger partial charge in [0.2, 0.25) is 0 Å². The van der Waals surface area contributed by atoms with Gasteiger partial charge in [0, 0.05) is 6.42 Å². The molecular weight excluding hydrogens is 98.1 g/mol. The number of hydrogen-bond donors (Lipinski definition) is 0.